The minimum Gasteiger partial charge on any atom is -0.493 e. The molecule has 0 saturated carbocycles. The van der Waals surface area contributed by atoms with Crippen LogP contribution in [0.1, 0.15) is 15.9 Å². The summed E-state index contributed by atoms with van der Waals surface area (Å²) in [5.41, 5.74) is 3.90. The van der Waals surface area contributed by atoms with Gasteiger partial charge in [0.1, 0.15) is 5.56 Å². The minimum absolute atomic E-state index is 0.205. The van der Waals surface area contributed by atoms with E-state index in [-0.39, 0.29) is 5.91 Å². The molecule has 0 saturated heterocycles. The van der Waals surface area contributed by atoms with Gasteiger partial charge in [0.15, 0.2) is 17.1 Å². The van der Waals surface area contributed by atoms with Gasteiger partial charge in [0.05, 0.1) is 26.1 Å². The fourth-order valence-electron chi connectivity index (χ4n) is 3.33. The summed E-state index contributed by atoms with van der Waals surface area (Å²) in [7, 11) is 3.20. The Balaban J connectivity index is 1.48. The fourth-order valence-corrected chi connectivity index (χ4v) is 3.33. The Labute approximate surface area is 174 Å². The molecule has 0 aliphatic carbocycles. The first-order valence-electron chi connectivity index (χ1n) is 9.58. The summed E-state index contributed by atoms with van der Waals surface area (Å²) in [5.74, 6) is 1.14. The Bertz CT molecular complexity index is 1170. The molecule has 0 fully saturated rings. The zero-order chi connectivity index (χ0) is 20.9. The molecule has 4 rings (SSSR count). The number of amides is 1. The summed E-state index contributed by atoms with van der Waals surface area (Å²) < 4.78 is 12.3. The standard InChI is InChI=1S/C23H22N4O3/c1-29-20-9-8-16(14-21(20)30-2)10-12-25-23(28)18-15-26-27-19(11-13-24-22(18)27)17-6-4-3-5-7-17/h3-9,11,13-15H,10,12H2,1-2H3,(H,25,28). The van der Waals surface area contributed by atoms with Crippen molar-refractivity contribution in [3.63, 3.8) is 0 Å². The van der Waals surface area contributed by atoms with Gasteiger partial charge < -0.3 is 14.8 Å². The molecule has 152 valence electrons. The second-order valence-electron chi connectivity index (χ2n) is 6.68. The number of rotatable bonds is 7. The monoisotopic (exact) mass is 402 g/mol. The van der Waals surface area contributed by atoms with Crippen LogP contribution in [0.4, 0.5) is 0 Å². The van der Waals surface area contributed by atoms with Crippen molar-refractivity contribution in [2.75, 3.05) is 20.8 Å². The topological polar surface area (TPSA) is 77.8 Å². The van der Waals surface area contributed by atoms with Crippen LogP contribution >= 0.6 is 0 Å². The summed E-state index contributed by atoms with van der Waals surface area (Å²) in [6.45, 7) is 0.476. The predicted molar refractivity (Wildman–Crippen MR) is 114 cm³/mol. The molecule has 0 radical (unpaired) electrons. The molecule has 0 spiro atoms. The highest BCUT2D eigenvalue weighted by molar-refractivity contribution is 5.99. The highest BCUT2D eigenvalue weighted by atomic mass is 16.5. The molecule has 7 nitrogen and oxygen atoms in total. The second kappa shape index (κ2) is 8.65. The van der Waals surface area contributed by atoms with Gasteiger partial charge in [-0.25, -0.2) is 9.50 Å². The number of nitrogens with zero attached hydrogens (tertiary/aromatic N) is 3. The van der Waals surface area contributed by atoms with Crippen LogP contribution in [0.3, 0.4) is 0 Å². The number of carbonyl (C=O) groups is 1. The summed E-state index contributed by atoms with van der Waals surface area (Å²) >= 11 is 0. The van der Waals surface area contributed by atoms with Crippen LogP contribution in [-0.4, -0.2) is 41.3 Å². The van der Waals surface area contributed by atoms with Gasteiger partial charge in [-0.05, 0) is 30.2 Å². The lowest BCUT2D eigenvalue weighted by Crippen LogP contribution is -2.25. The largest absolute Gasteiger partial charge is 0.493 e. The molecule has 0 bridgehead atoms. The second-order valence-corrected chi connectivity index (χ2v) is 6.68. The molecule has 2 aromatic heterocycles. The Hall–Kier alpha value is -3.87. The van der Waals surface area contributed by atoms with Crippen molar-refractivity contribution in [1.82, 2.24) is 19.9 Å². The van der Waals surface area contributed by atoms with Crippen molar-refractivity contribution in [2.24, 2.45) is 0 Å². The SMILES string of the molecule is COc1ccc(CCNC(=O)c2cnn3c(-c4ccccc4)ccnc23)cc1OC. The first kappa shape index (κ1) is 19.4. The third-order valence-corrected chi connectivity index (χ3v) is 4.86. The molecular formula is C23H22N4O3. The van der Waals surface area contributed by atoms with Gasteiger partial charge in [-0.1, -0.05) is 36.4 Å². The Morgan fingerprint density at radius 1 is 1.03 bits per heavy atom. The molecule has 0 unspecified atom stereocenters. The number of methoxy groups -OCH3 is 2. The molecule has 1 amide bonds. The molecule has 1 N–H and O–H groups in total. The van der Waals surface area contributed by atoms with Gasteiger partial charge >= 0.3 is 0 Å². The van der Waals surface area contributed by atoms with Gasteiger partial charge in [-0.3, -0.25) is 4.79 Å². The Kier molecular flexibility index (Phi) is 5.61. The normalized spacial score (nSPS) is 10.7. The van der Waals surface area contributed by atoms with E-state index in [9.17, 15) is 4.79 Å². The zero-order valence-corrected chi connectivity index (χ0v) is 16.8. The average Bonchev–Trinajstić information content (AvgIpc) is 3.24. The highest BCUT2D eigenvalue weighted by Crippen LogP contribution is 2.27. The van der Waals surface area contributed by atoms with Gasteiger partial charge in [0, 0.05) is 18.3 Å². The molecular weight excluding hydrogens is 380 g/mol. The summed E-state index contributed by atoms with van der Waals surface area (Å²) in [6, 6.07) is 17.5. The number of hydrogen-bond donors (Lipinski definition) is 1. The molecule has 30 heavy (non-hydrogen) atoms. The van der Waals surface area contributed by atoms with Crippen LogP contribution in [0, 0.1) is 0 Å². The van der Waals surface area contributed by atoms with Gasteiger partial charge in [0.2, 0.25) is 0 Å². The van der Waals surface area contributed by atoms with E-state index >= 15 is 0 Å². The van der Waals surface area contributed by atoms with E-state index in [4.69, 9.17) is 9.47 Å². The summed E-state index contributed by atoms with van der Waals surface area (Å²) in [4.78, 5) is 17.1. The average molecular weight is 402 g/mol. The van der Waals surface area contributed by atoms with E-state index in [0.29, 0.717) is 35.7 Å². The third kappa shape index (κ3) is 3.82. The smallest absolute Gasteiger partial charge is 0.256 e. The number of aromatic nitrogens is 3. The van der Waals surface area contributed by atoms with Crippen molar-refractivity contribution in [2.45, 2.75) is 6.42 Å². The maximum atomic E-state index is 12.7. The van der Waals surface area contributed by atoms with Gasteiger partial charge in [-0.15, -0.1) is 0 Å². The minimum atomic E-state index is -0.205. The lowest BCUT2D eigenvalue weighted by atomic mass is 10.1. The van der Waals surface area contributed by atoms with E-state index in [1.54, 1.807) is 31.1 Å². The van der Waals surface area contributed by atoms with Crippen LogP contribution in [-0.2, 0) is 6.42 Å². The van der Waals surface area contributed by atoms with Crippen LogP contribution < -0.4 is 14.8 Å². The van der Waals surface area contributed by atoms with Gasteiger partial charge in [0.25, 0.3) is 5.91 Å². The first-order valence-corrected chi connectivity index (χ1v) is 9.58. The van der Waals surface area contributed by atoms with E-state index in [1.165, 1.54) is 0 Å². The number of fused-ring (bicyclic) bond motifs is 1. The number of carbonyl (C=O) groups excluding carboxylic acids is 1. The quantitative estimate of drug-likeness (QED) is 0.513. The molecule has 4 aromatic rings. The summed E-state index contributed by atoms with van der Waals surface area (Å²) in [5, 5.41) is 7.33. The van der Waals surface area contributed by atoms with Crippen molar-refractivity contribution in [1.29, 1.82) is 0 Å². The molecule has 2 aromatic carbocycles. The van der Waals surface area contributed by atoms with Gasteiger partial charge in [-0.2, -0.15) is 5.10 Å². The predicted octanol–water partition coefficient (Wildman–Crippen LogP) is 3.39. The molecule has 2 heterocycles. The van der Waals surface area contributed by atoms with Crippen molar-refractivity contribution >= 4 is 11.6 Å². The maximum absolute atomic E-state index is 12.7. The van der Waals surface area contributed by atoms with Crippen LogP contribution in [0.5, 0.6) is 11.5 Å². The first-order chi connectivity index (χ1) is 14.7. The Morgan fingerprint density at radius 3 is 2.60 bits per heavy atom. The van der Waals surface area contributed by atoms with Crippen LogP contribution in [0.15, 0.2) is 67.0 Å². The third-order valence-electron chi connectivity index (χ3n) is 4.86. The van der Waals surface area contributed by atoms with Crippen molar-refractivity contribution in [3.8, 4) is 22.8 Å². The summed E-state index contributed by atoms with van der Waals surface area (Å²) in [6.07, 6.45) is 3.91. The van der Waals surface area contributed by atoms with Crippen LogP contribution in [0.25, 0.3) is 16.9 Å². The van der Waals surface area contributed by atoms with Crippen molar-refractivity contribution in [3.05, 3.63) is 78.1 Å². The zero-order valence-electron chi connectivity index (χ0n) is 16.8. The van der Waals surface area contributed by atoms with E-state index < -0.39 is 0 Å². The van der Waals surface area contributed by atoms with E-state index in [2.05, 4.69) is 15.4 Å². The van der Waals surface area contributed by atoms with Crippen molar-refractivity contribution < 1.29 is 14.3 Å². The lowest BCUT2D eigenvalue weighted by molar-refractivity contribution is 0.0955. The Morgan fingerprint density at radius 2 is 1.83 bits per heavy atom. The number of hydrogen-bond acceptors (Lipinski definition) is 5. The van der Waals surface area contributed by atoms with Crippen LogP contribution in [0.2, 0.25) is 0 Å². The maximum Gasteiger partial charge on any atom is 0.256 e. The highest BCUT2D eigenvalue weighted by Gasteiger charge is 2.16. The molecule has 0 aliphatic rings. The lowest BCUT2D eigenvalue weighted by Gasteiger charge is -2.10. The molecule has 0 aliphatic heterocycles. The van der Waals surface area contributed by atoms with E-state index in [0.717, 1.165) is 16.8 Å². The molecule has 7 heteroatoms. The number of benzene rings is 2. The number of nitrogens with one attached hydrogen (secondary N) is 1. The number of ether oxygens (including phenoxy) is 2. The fraction of sp³-hybridized carbons (Fsp3) is 0.174. The molecule has 0 atom stereocenters. The van der Waals surface area contributed by atoms with E-state index in [1.807, 2.05) is 54.6 Å².